The van der Waals surface area contributed by atoms with Crippen molar-refractivity contribution in [3.05, 3.63) is 24.3 Å². The maximum absolute atomic E-state index is 12.3. The number of rotatable bonds is 7. The van der Waals surface area contributed by atoms with Crippen molar-refractivity contribution in [3.8, 4) is 11.5 Å². The fourth-order valence-corrected chi connectivity index (χ4v) is 2.67. The Hall–Kier alpha value is -2.28. The minimum atomic E-state index is -0.0741. The molecular weight excluding hydrogens is 324 g/mol. The van der Waals surface area contributed by atoms with Gasteiger partial charge in [0.25, 0.3) is 5.91 Å². The van der Waals surface area contributed by atoms with Crippen molar-refractivity contribution in [2.24, 2.45) is 0 Å². The molecule has 7 nitrogen and oxygen atoms in total. The van der Waals surface area contributed by atoms with Crippen molar-refractivity contribution in [3.63, 3.8) is 0 Å². The standard InChI is InChI=1S/C18H26N2O5/c1-3-24-15-5-7-16(8-6-15)25-14-18(22)20-10-4-9-19(11-12-20)17(21)13-23-2/h5-8H,3-4,9-14H2,1-2H3. The maximum Gasteiger partial charge on any atom is 0.260 e. The van der Waals surface area contributed by atoms with Gasteiger partial charge in [0, 0.05) is 33.3 Å². The number of benzene rings is 1. The van der Waals surface area contributed by atoms with Gasteiger partial charge in [-0.1, -0.05) is 0 Å². The summed E-state index contributed by atoms with van der Waals surface area (Å²) in [6.07, 6.45) is 0.754. The predicted octanol–water partition coefficient (Wildman–Crippen LogP) is 1.17. The van der Waals surface area contributed by atoms with E-state index in [2.05, 4.69) is 0 Å². The Morgan fingerprint density at radius 3 is 1.92 bits per heavy atom. The van der Waals surface area contributed by atoms with Gasteiger partial charge in [0.05, 0.1) is 6.61 Å². The normalized spacial score (nSPS) is 14.8. The number of amides is 2. The molecule has 0 atom stereocenters. The lowest BCUT2D eigenvalue weighted by atomic mass is 10.3. The van der Waals surface area contributed by atoms with E-state index in [0.29, 0.717) is 38.5 Å². The van der Waals surface area contributed by atoms with E-state index in [1.165, 1.54) is 7.11 Å². The minimum absolute atomic E-state index is 0.0139. The van der Waals surface area contributed by atoms with E-state index >= 15 is 0 Å². The van der Waals surface area contributed by atoms with Gasteiger partial charge in [-0.3, -0.25) is 9.59 Å². The van der Waals surface area contributed by atoms with Crippen LogP contribution in [-0.2, 0) is 14.3 Å². The van der Waals surface area contributed by atoms with Crippen LogP contribution in [0.25, 0.3) is 0 Å². The second-order valence-corrected chi connectivity index (χ2v) is 5.74. The summed E-state index contributed by atoms with van der Waals surface area (Å²) in [5.41, 5.74) is 0. The first-order chi connectivity index (χ1) is 12.1. The molecule has 0 radical (unpaired) electrons. The topological polar surface area (TPSA) is 68.3 Å². The van der Waals surface area contributed by atoms with Crippen LogP contribution in [0, 0.1) is 0 Å². The molecule has 25 heavy (non-hydrogen) atoms. The van der Waals surface area contributed by atoms with Gasteiger partial charge in [-0.05, 0) is 37.6 Å². The molecule has 2 rings (SSSR count). The Bertz CT molecular complexity index is 561. The summed E-state index contributed by atoms with van der Waals surface area (Å²) in [4.78, 5) is 27.7. The summed E-state index contributed by atoms with van der Waals surface area (Å²) in [7, 11) is 1.50. The molecule has 1 aliphatic rings. The Kier molecular flexibility index (Phi) is 7.53. The largest absolute Gasteiger partial charge is 0.494 e. The van der Waals surface area contributed by atoms with Crippen molar-refractivity contribution in [1.82, 2.24) is 9.80 Å². The van der Waals surface area contributed by atoms with Crippen molar-refractivity contribution in [2.45, 2.75) is 13.3 Å². The van der Waals surface area contributed by atoms with Crippen LogP contribution in [0.4, 0.5) is 0 Å². The van der Waals surface area contributed by atoms with Gasteiger partial charge >= 0.3 is 0 Å². The third-order valence-electron chi connectivity index (χ3n) is 3.97. The third-order valence-corrected chi connectivity index (χ3v) is 3.97. The second-order valence-electron chi connectivity index (χ2n) is 5.74. The molecule has 0 N–H and O–H groups in total. The minimum Gasteiger partial charge on any atom is -0.494 e. The highest BCUT2D eigenvalue weighted by molar-refractivity contribution is 5.79. The highest BCUT2D eigenvalue weighted by Gasteiger charge is 2.22. The van der Waals surface area contributed by atoms with Gasteiger partial charge in [-0.2, -0.15) is 0 Å². The Labute approximate surface area is 148 Å². The Morgan fingerprint density at radius 1 is 0.880 bits per heavy atom. The van der Waals surface area contributed by atoms with Crippen LogP contribution < -0.4 is 9.47 Å². The second kappa shape index (κ2) is 9.88. The molecule has 0 bridgehead atoms. The summed E-state index contributed by atoms with van der Waals surface area (Å²) in [6, 6.07) is 7.20. The van der Waals surface area contributed by atoms with Gasteiger partial charge in [0.2, 0.25) is 5.91 Å². The van der Waals surface area contributed by atoms with Crippen molar-refractivity contribution < 1.29 is 23.8 Å². The van der Waals surface area contributed by atoms with E-state index in [9.17, 15) is 9.59 Å². The van der Waals surface area contributed by atoms with Crippen LogP contribution in [0.1, 0.15) is 13.3 Å². The van der Waals surface area contributed by atoms with Gasteiger partial charge in [-0.25, -0.2) is 0 Å². The zero-order chi connectivity index (χ0) is 18.1. The highest BCUT2D eigenvalue weighted by Crippen LogP contribution is 2.17. The maximum atomic E-state index is 12.3. The van der Waals surface area contributed by atoms with Crippen LogP contribution in [0.2, 0.25) is 0 Å². The van der Waals surface area contributed by atoms with E-state index < -0.39 is 0 Å². The van der Waals surface area contributed by atoms with Crippen molar-refractivity contribution in [2.75, 3.05) is 53.1 Å². The summed E-state index contributed by atoms with van der Waals surface area (Å²) >= 11 is 0. The Morgan fingerprint density at radius 2 is 1.40 bits per heavy atom. The van der Waals surface area contributed by atoms with Gasteiger partial charge in [-0.15, -0.1) is 0 Å². The van der Waals surface area contributed by atoms with Crippen molar-refractivity contribution >= 4 is 11.8 Å². The number of ether oxygens (including phenoxy) is 3. The molecule has 0 spiro atoms. The number of methoxy groups -OCH3 is 1. The van der Waals surface area contributed by atoms with Gasteiger partial charge in [0.15, 0.2) is 6.61 Å². The first kappa shape index (κ1) is 19.1. The highest BCUT2D eigenvalue weighted by atomic mass is 16.5. The van der Waals surface area contributed by atoms with E-state index in [-0.39, 0.29) is 25.0 Å². The first-order valence-corrected chi connectivity index (χ1v) is 8.54. The van der Waals surface area contributed by atoms with Crippen LogP contribution in [-0.4, -0.2) is 74.7 Å². The molecule has 138 valence electrons. The van der Waals surface area contributed by atoms with Crippen LogP contribution in [0.3, 0.4) is 0 Å². The van der Waals surface area contributed by atoms with Crippen LogP contribution >= 0.6 is 0 Å². The number of nitrogens with zero attached hydrogens (tertiary/aromatic N) is 2. The van der Waals surface area contributed by atoms with Gasteiger partial charge < -0.3 is 24.0 Å². The SMILES string of the molecule is CCOc1ccc(OCC(=O)N2CCCN(C(=O)COC)CC2)cc1. The van der Waals surface area contributed by atoms with Gasteiger partial charge in [0.1, 0.15) is 18.1 Å². The smallest absolute Gasteiger partial charge is 0.260 e. The molecule has 0 saturated carbocycles. The number of carbonyl (C=O) groups excluding carboxylic acids is 2. The first-order valence-electron chi connectivity index (χ1n) is 8.54. The molecule has 0 aromatic heterocycles. The lowest BCUT2D eigenvalue weighted by Gasteiger charge is -2.22. The van der Waals surface area contributed by atoms with Crippen LogP contribution in [0.5, 0.6) is 11.5 Å². The predicted molar refractivity (Wildman–Crippen MR) is 92.8 cm³/mol. The molecule has 1 heterocycles. The average molecular weight is 350 g/mol. The lowest BCUT2D eigenvalue weighted by Crippen LogP contribution is -2.40. The van der Waals surface area contributed by atoms with E-state index in [4.69, 9.17) is 14.2 Å². The number of hydrogen-bond acceptors (Lipinski definition) is 5. The molecule has 1 aromatic carbocycles. The van der Waals surface area contributed by atoms with E-state index in [1.807, 2.05) is 19.1 Å². The van der Waals surface area contributed by atoms with Crippen LogP contribution in [0.15, 0.2) is 24.3 Å². The zero-order valence-electron chi connectivity index (χ0n) is 14.9. The summed E-state index contributed by atoms with van der Waals surface area (Å²) in [5.74, 6) is 1.29. The molecule has 2 amide bonds. The number of hydrogen-bond donors (Lipinski definition) is 0. The molecule has 0 aliphatic carbocycles. The molecule has 0 unspecified atom stereocenters. The zero-order valence-corrected chi connectivity index (χ0v) is 14.9. The molecule has 1 aliphatic heterocycles. The average Bonchev–Trinajstić information content (AvgIpc) is 2.88. The molecule has 7 heteroatoms. The summed E-state index contributed by atoms with van der Waals surface area (Å²) in [6.45, 7) is 4.91. The fraction of sp³-hybridized carbons (Fsp3) is 0.556. The molecule has 1 fully saturated rings. The molecule has 1 aromatic rings. The van der Waals surface area contributed by atoms with E-state index in [1.54, 1.807) is 21.9 Å². The molecular formula is C18H26N2O5. The third kappa shape index (κ3) is 5.94. The van der Waals surface area contributed by atoms with Crippen molar-refractivity contribution in [1.29, 1.82) is 0 Å². The quantitative estimate of drug-likeness (QED) is 0.738. The summed E-state index contributed by atoms with van der Waals surface area (Å²) < 4.78 is 15.8. The lowest BCUT2D eigenvalue weighted by molar-refractivity contribution is -0.136. The summed E-state index contributed by atoms with van der Waals surface area (Å²) in [5, 5.41) is 0. The fourth-order valence-electron chi connectivity index (χ4n) is 2.67. The number of carbonyl (C=O) groups is 2. The molecule has 1 saturated heterocycles. The monoisotopic (exact) mass is 350 g/mol. The van der Waals surface area contributed by atoms with E-state index in [0.717, 1.165) is 12.2 Å². The Balaban J connectivity index is 1.79.